The molecule has 2 N–H and O–H groups in total. The molecule has 0 bridgehead atoms. The van der Waals surface area contributed by atoms with E-state index >= 15 is 0 Å². The predicted octanol–water partition coefficient (Wildman–Crippen LogP) is 2.08. The number of aliphatic imine (C=N–C) groups is 1. The largest absolute Gasteiger partial charge is 0.357 e. The zero-order valence-corrected chi connectivity index (χ0v) is 18.8. The van der Waals surface area contributed by atoms with E-state index in [4.69, 9.17) is 4.99 Å². The number of piperazine rings is 1. The van der Waals surface area contributed by atoms with Crippen LogP contribution in [0.15, 0.2) is 4.99 Å². The summed E-state index contributed by atoms with van der Waals surface area (Å²) < 4.78 is 0. The molecule has 160 valence electrons. The van der Waals surface area contributed by atoms with E-state index in [1.807, 2.05) is 0 Å². The Hall–Kier alpha value is -0.850. The first-order valence-electron chi connectivity index (χ1n) is 11.3. The van der Waals surface area contributed by atoms with Gasteiger partial charge in [0.25, 0.3) is 0 Å². The SMILES string of the molecule is CCNC(=NCCCCN1CCN(C)CC1)NC(C)CCCN(CC)CC. The third kappa shape index (κ3) is 11.6. The van der Waals surface area contributed by atoms with Gasteiger partial charge in [-0.3, -0.25) is 4.99 Å². The molecule has 0 aromatic rings. The first kappa shape index (κ1) is 24.2. The third-order valence-electron chi connectivity index (χ3n) is 5.48. The topological polar surface area (TPSA) is 46.1 Å². The Morgan fingerprint density at radius 1 is 1.04 bits per heavy atom. The van der Waals surface area contributed by atoms with Crippen LogP contribution in [-0.2, 0) is 0 Å². The molecule has 0 spiro atoms. The van der Waals surface area contributed by atoms with Crippen LogP contribution in [-0.4, -0.2) is 99.2 Å². The number of unbranched alkanes of at least 4 members (excludes halogenated alkanes) is 1. The average molecular weight is 383 g/mol. The molecule has 0 aromatic carbocycles. The molecule has 0 aliphatic carbocycles. The van der Waals surface area contributed by atoms with E-state index in [2.05, 4.69) is 60.1 Å². The highest BCUT2D eigenvalue weighted by molar-refractivity contribution is 5.79. The summed E-state index contributed by atoms with van der Waals surface area (Å²) in [6.07, 6.45) is 4.83. The molecule has 1 aliphatic heterocycles. The van der Waals surface area contributed by atoms with Crippen molar-refractivity contribution in [3.05, 3.63) is 0 Å². The Kier molecular flexibility index (Phi) is 13.5. The van der Waals surface area contributed by atoms with Gasteiger partial charge in [0.2, 0.25) is 0 Å². The van der Waals surface area contributed by atoms with E-state index in [1.54, 1.807) is 0 Å². The van der Waals surface area contributed by atoms with Gasteiger partial charge in [0.15, 0.2) is 5.96 Å². The lowest BCUT2D eigenvalue weighted by Crippen LogP contribution is -2.44. The maximum atomic E-state index is 4.78. The molecular weight excluding hydrogens is 336 g/mol. The van der Waals surface area contributed by atoms with E-state index in [9.17, 15) is 0 Å². The summed E-state index contributed by atoms with van der Waals surface area (Å²) in [5.41, 5.74) is 0. The molecule has 1 unspecified atom stereocenters. The molecule has 1 aliphatic rings. The normalized spacial score (nSPS) is 18.1. The van der Waals surface area contributed by atoms with Crippen molar-refractivity contribution >= 4 is 5.96 Å². The number of rotatable bonds is 13. The van der Waals surface area contributed by atoms with Crippen molar-refractivity contribution in [2.75, 3.05) is 72.5 Å². The lowest BCUT2D eigenvalue weighted by Gasteiger charge is -2.32. The second-order valence-electron chi connectivity index (χ2n) is 7.83. The summed E-state index contributed by atoms with van der Waals surface area (Å²) in [5, 5.41) is 6.97. The van der Waals surface area contributed by atoms with Gasteiger partial charge in [0.1, 0.15) is 0 Å². The standard InChI is InChI=1S/C21H46N6/c1-6-22-21(24-20(4)12-11-15-26(7-2)8-3)23-13-9-10-14-27-18-16-25(5)17-19-27/h20H,6-19H2,1-5H3,(H2,22,23,24). The van der Waals surface area contributed by atoms with Crippen molar-refractivity contribution in [1.29, 1.82) is 0 Å². The van der Waals surface area contributed by atoms with Crippen molar-refractivity contribution in [3.63, 3.8) is 0 Å². The predicted molar refractivity (Wildman–Crippen MR) is 119 cm³/mol. The highest BCUT2D eigenvalue weighted by Gasteiger charge is 2.12. The van der Waals surface area contributed by atoms with Crippen LogP contribution in [0.25, 0.3) is 0 Å². The average Bonchev–Trinajstić information content (AvgIpc) is 2.66. The number of guanidine groups is 1. The molecule has 1 heterocycles. The fourth-order valence-corrected chi connectivity index (χ4v) is 3.50. The summed E-state index contributed by atoms with van der Waals surface area (Å²) in [6, 6.07) is 0.462. The maximum absolute atomic E-state index is 4.78. The van der Waals surface area contributed by atoms with Gasteiger partial charge < -0.3 is 25.3 Å². The van der Waals surface area contributed by atoms with Gasteiger partial charge >= 0.3 is 0 Å². The summed E-state index contributed by atoms with van der Waals surface area (Å²) in [4.78, 5) is 12.3. The highest BCUT2D eigenvalue weighted by atomic mass is 15.2. The van der Waals surface area contributed by atoms with Crippen molar-refractivity contribution in [3.8, 4) is 0 Å². The quantitative estimate of drug-likeness (QED) is 0.290. The van der Waals surface area contributed by atoms with Crippen LogP contribution in [0, 0.1) is 0 Å². The Balaban J connectivity index is 2.20. The number of likely N-dealkylation sites (N-methyl/N-ethyl adjacent to an activating group) is 1. The van der Waals surface area contributed by atoms with E-state index in [0.29, 0.717) is 6.04 Å². The van der Waals surface area contributed by atoms with E-state index in [0.717, 1.165) is 32.1 Å². The lowest BCUT2D eigenvalue weighted by atomic mass is 10.2. The van der Waals surface area contributed by atoms with Gasteiger partial charge in [-0.05, 0) is 72.8 Å². The molecular formula is C21H46N6. The molecule has 1 rings (SSSR count). The summed E-state index contributed by atoms with van der Waals surface area (Å²) in [7, 11) is 2.21. The van der Waals surface area contributed by atoms with Crippen molar-refractivity contribution in [2.45, 2.75) is 59.4 Å². The second-order valence-corrected chi connectivity index (χ2v) is 7.83. The Morgan fingerprint density at radius 3 is 2.37 bits per heavy atom. The minimum Gasteiger partial charge on any atom is -0.357 e. The molecule has 6 heteroatoms. The first-order chi connectivity index (χ1) is 13.1. The van der Waals surface area contributed by atoms with Gasteiger partial charge in [-0.1, -0.05) is 13.8 Å². The molecule has 27 heavy (non-hydrogen) atoms. The van der Waals surface area contributed by atoms with E-state index in [1.165, 1.54) is 65.0 Å². The van der Waals surface area contributed by atoms with E-state index < -0.39 is 0 Å². The number of hydrogen-bond donors (Lipinski definition) is 2. The first-order valence-corrected chi connectivity index (χ1v) is 11.3. The van der Waals surface area contributed by atoms with Crippen LogP contribution in [0.1, 0.15) is 53.4 Å². The lowest BCUT2D eigenvalue weighted by molar-refractivity contribution is 0.152. The Bertz CT molecular complexity index is 375. The highest BCUT2D eigenvalue weighted by Crippen LogP contribution is 2.02. The number of nitrogens with zero attached hydrogens (tertiary/aromatic N) is 4. The van der Waals surface area contributed by atoms with Crippen molar-refractivity contribution in [2.24, 2.45) is 4.99 Å². The zero-order valence-electron chi connectivity index (χ0n) is 18.8. The molecule has 1 fully saturated rings. The molecule has 0 radical (unpaired) electrons. The molecule has 0 amide bonds. The summed E-state index contributed by atoms with van der Waals surface area (Å²) >= 11 is 0. The minimum absolute atomic E-state index is 0.462. The fourth-order valence-electron chi connectivity index (χ4n) is 3.50. The van der Waals surface area contributed by atoms with Crippen LogP contribution in [0.4, 0.5) is 0 Å². The minimum atomic E-state index is 0.462. The van der Waals surface area contributed by atoms with Gasteiger partial charge in [0, 0.05) is 45.3 Å². The summed E-state index contributed by atoms with van der Waals surface area (Å²) in [6.45, 7) is 20.3. The number of hydrogen-bond acceptors (Lipinski definition) is 4. The third-order valence-corrected chi connectivity index (χ3v) is 5.48. The van der Waals surface area contributed by atoms with Crippen LogP contribution in [0.3, 0.4) is 0 Å². The smallest absolute Gasteiger partial charge is 0.191 e. The molecule has 0 aromatic heterocycles. The van der Waals surface area contributed by atoms with Gasteiger partial charge in [-0.15, -0.1) is 0 Å². The van der Waals surface area contributed by atoms with Crippen LogP contribution in [0.5, 0.6) is 0 Å². The monoisotopic (exact) mass is 382 g/mol. The van der Waals surface area contributed by atoms with Crippen LogP contribution in [0.2, 0.25) is 0 Å². The zero-order chi connectivity index (χ0) is 19.9. The van der Waals surface area contributed by atoms with Crippen molar-refractivity contribution in [1.82, 2.24) is 25.3 Å². The van der Waals surface area contributed by atoms with Gasteiger partial charge in [-0.25, -0.2) is 0 Å². The molecule has 0 saturated carbocycles. The van der Waals surface area contributed by atoms with Crippen LogP contribution >= 0.6 is 0 Å². The van der Waals surface area contributed by atoms with Crippen LogP contribution < -0.4 is 10.6 Å². The van der Waals surface area contributed by atoms with Crippen molar-refractivity contribution < 1.29 is 0 Å². The van der Waals surface area contributed by atoms with Gasteiger partial charge in [0.05, 0.1) is 0 Å². The Labute approximate surface area is 168 Å². The second kappa shape index (κ2) is 15.1. The Morgan fingerprint density at radius 2 is 1.74 bits per heavy atom. The molecule has 6 nitrogen and oxygen atoms in total. The number of nitrogens with one attached hydrogen (secondary N) is 2. The molecule has 1 saturated heterocycles. The summed E-state index contributed by atoms with van der Waals surface area (Å²) in [5.74, 6) is 0.979. The molecule has 1 atom stereocenters. The fraction of sp³-hybridized carbons (Fsp3) is 0.952. The van der Waals surface area contributed by atoms with E-state index in [-0.39, 0.29) is 0 Å². The maximum Gasteiger partial charge on any atom is 0.191 e. The van der Waals surface area contributed by atoms with Gasteiger partial charge in [-0.2, -0.15) is 0 Å².